The van der Waals surface area contributed by atoms with Crippen LogP contribution in [0.5, 0.6) is 0 Å². The molecule has 0 aliphatic rings. The van der Waals surface area contributed by atoms with Gasteiger partial charge in [0.15, 0.2) is 5.96 Å². The molecular formula is C15H19FN4. The Hall–Kier alpha value is -2.30. The van der Waals surface area contributed by atoms with Gasteiger partial charge < -0.3 is 15.6 Å². The largest absolute Gasteiger partial charge is 0.370 e. The van der Waals surface area contributed by atoms with Crippen LogP contribution >= 0.6 is 0 Å². The molecule has 20 heavy (non-hydrogen) atoms. The molecule has 2 aromatic rings. The van der Waals surface area contributed by atoms with E-state index in [0.29, 0.717) is 19.0 Å². The number of rotatable bonds is 5. The molecule has 3 N–H and O–H groups in total. The zero-order valence-corrected chi connectivity index (χ0v) is 11.6. The average molecular weight is 274 g/mol. The van der Waals surface area contributed by atoms with Crippen molar-refractivity contribution in [2.24, 2.45) is 17.8 Å². The van der Waals surface area contributed by atoms with Gasteiger partial charge in [-0.05, 0) is 30.2 Å². The summed E-state index contributed by atoms with van der Waals surface area (Å²) in [6.07, 6.45) is 4.49. The van der Waals surface area contributed by atoms with E-state index in [0.717, 1.165) is 22.9 Å². The lowest BCUT2D eigenvalue weighted by molar-refractivity contribution is 0.629. The molecule has 2 rings (SSSR count). The van der Waals surface area contributed by atoms with Crippen LogP contribution in [0, 0.1) is 5.82 Å². The fourth-order valence-electron chi connectivity index (χ4n) is 2.17. The molecule has 106 valence electrons. The van der Waals surface area contributed by atoms with Gasteiger partial charge in [-0.3, -0.25) is 4.99 Å². The smallest absolute Gasteiger partial charge is 0.188 e. The second kappa shape index (κ2) is 6.23. The number of aliphatic imine (C=N–C) groups is 1. The van der Waals surface area contributed by atoms with Crippen LogP contribution in [-0.4, -0.2) is 23.6 Å². The normalized spacial score (nSPS) is 11.8. The Labute approximate surface area is 117 Å². The van der Waals surface area contributed by atoms with Gasteiger partial charge in [0, 0.05) is 31.7 Å². The molecule has 5 heteroatoms. The molecule has 1 aromatic carbocycles. The quantitative estimate of drug-likeness (QED) is 0.497. The maximum atomic E-state index is 13.2. The van der Waals surface area contributed by atoms with Gasteiger partial charge in [0.1, 0.15) is 5.82 Å². The van der Waals surface area contributed by atoms with Crippen molar-refractivity contribution in [2.45, 2.75) is 6.42 Å². The van der Waals surface area contributed by atoms with Crippen LogP contribution in [0.4, 0.5) is 4.39 Å². The first kappa shape index (κ1) is 14.1. The summed E-state index contributed by atoms with van der Waals surface area (Å²) in [5, 5.41) is 3.98. The zero-order valence-electron chi connectivity index (χ0n) is 11.6. The molecule has 1 heterocycles. The molecule has 0 unspecified atom stereocenters. The Morgan fingerprint density at radius 2 is 2.35 bits per heavy atom. The average Bonchev–Trinajstić information content (AvgIpc) is 2.73. The van der Waals surface area contributed by atoms with E-state index in [4.69, 9.17) is 5.73 Å². The first-order valence-electron chi connectivity index (χ1n) is 6.50. The highest BCUT2D eigenvalue weighted by molar-refractivity contribution is 5.84. The maximum absolute atomic E-state index is 13.2. The summed E-state index contributed by atoms with van der Waals surface area (Å²) in [6.45, 7) is 4.79. The van der Waals surface area contributed by atoms with Crippen LogP contribution in [-0.2, 0) is 13.5 Å². The van der Waals surface area contributed by atoms with Crippen molar-refractivity contribution < 1.29 is 4.39 Å². The molecule has 0 spiro atoms. The van der Waals surface area contributed by atoms with Crippen LogP contribution in [0.25, 0.3) is 10.9 Å². The third-order valence-electron chi connectivity index (χ3n) is 3.13. The number of fused-ring (bicyclic) bond motifs is 1. The van der Waals surface area contributed by atoms with Gasteiger partial charge in [-0.25, -0.2) is 4.39 Å². The van der Waals surface area contributed by atoms with Gasteiger partial charge in [-0.1, -0.05) is 6.08 Å². The predicted molar refractivity (Wildman–Crippen MR) is 81.3 cm³/mol. The van der Waals surface area contributed by atoms with Crippen LogP contribution < -0.4 is 11.1 Å². The van der Waals surface area contributed by atoms with Gasteiger partial charge in [0.25, 0.3) is 0 Å². The highest BCUT2D eigenvalue weighted by atomic mass is 19.1. The molecular weight excluding hydrogens is 255 g/mol. The summed E-state index contributed by atoms with van der Waals surface area (Å²) in [5.74, 6) is 0.192. The van der Waals surface area contributed by atoms with Crippen molar-refractivity contribution in [3.63, 3.8) is 0 Å². The van der Waals surface area contributed by atoms with Crippen molar-refractivity contribution in [3.8, 4) is 0 Å². The lowest BCUT2D eigenvalue weighted by atomic mass is 10.1. The monoisotopic (exact) mass is 274 g/mol. The van der Waals surface area contributed by atoms with Crippen molar-refractivity contribution in [1.29, 1.82) is 0 Å². The first-order valence-corrected chi connectivity index (χ1v) is 6.50. The van der Waals surface area contributed by atoms with Gasteiger partial charge in [0.2, 0.25) is 0 Å². The summed E-state index contributed by atoms with van der Waals surface area (Å²) < 4.78 is 15.2. The Morgan fingerprint density at radius 3 is 3.10 bits per heavy atom. The fourth-order valence-corrected chi connectivity index (χ4v) is 2.17. The number of guanidine groups is 1. The third-order valence-corrected chi connectivity index (χ3v) is 3.13. The molecule has 0 saturated heterocycles. The number of nitrogens with two attached hydrogens (primary N) is 1. The van der Waals surface area contributed by atoms with Crippen LogP contribution in [0.15, 0.2) is 42.0 Å². The van der Waals surface area contributed by atoms with E-state index in [9.17, 15) is 4.39 Å². The lowest BCUT2D eigenvalue weighted by Crippen LogP contribution is -2.31. The van der Waals surface area contributed by atoms with E-state index in [1.807, 2.05) is 23.9 Å². The van der Waals surface area contributed by atoms with Crippen LogP contribution in [0.2, 0.25) is 0 Å². The van der Waals surface area contributed by atoms with Gasteiger partial charge in [-0.2, -0.15) is 0 Å². The van der Waals surface area contributed by atoms with Crippen molar-refractivity contribution in [3.05, 3.63) is 48.4 Å². The van der Waals surface area contributed by atoms with Crippen molar-refractivity contribution in [2.75, 3.05) is 13.1 Å². The number of aryl methyl sites for hydroxylation is 1. The Morgan fingerprint density at radius 1 is 1.55 bits per heavy atom. The van der Waals surface area contributed by atoms with Crippen molar-refractivity contribution in [1.82, 2.24) is 9.88 Å². The van der Waals surface area contributed by atoms with E-state index in [1.165, 1.54) is 6.07 Å². The molecule has 0 aliphatic carbocycles. The molecule has 0 atom stereocenters. The summed E-state index contributed by atoms with van der Waals surface area (Å²) in [7, 11) is 1.91. The Bertz CT molecular complexity index is 643. The molecule has 0 fully saturated rings. The molecule has 1 aromatic heterocycles. The highest BCUT2D eigenvalue weighted by Gasteiger charge is 2.07. The summed E-state index contributed by atoms with van der Waals surface area (Å²) in [4.78, 5) is 4.24. The number of halogens is 1. The van der Waals surface area contributed by atoms with Crippen LogP contribution in [0.1, 0.15) is 5.56 Å². The van der Waals surface area contributed by atoms with Gasteiger partial charge in [-0.15, -0.1) is 6.58 Å². The number of benzene rings is 1. The number of hydrogen-bond acceptors (Lipinski definition) is 1. The van der Waals surface area contributed by atoms with Gasteiger partial charge in [0.05, 0.1) is 5.52 Å². The molecule has 0 amide bonds. The van der Waals surface area contributed by atoms with Crippen LogP contribution in [0.3, 0.4) is 0 Å². The Kier molecular flexibility index (Phi) is 4.40. The molecule has 0 bridgehead atoms. The second-order valence-corrected chi connectivity index (χ2v) is 4.61. The lowest BCUT2D eigenvalue weighted by Gasteiger charge is -2.01. The zero-order chi connectivity index (χ0) is 14.5. The molecule has 0 saturated carbocycles. The Balaban J connectivity index is 2.09. The SMILES string of the molecule is C=CCNC(N)=NCCc1cn(C)c2cc(F)ccc12. The maximum Gasteiger partial charge on any atom is 0.188 e. The fraction of sp³-hybridized carbons (Fsp3) is 0.267. The number of hydrogen-bond donors (Lipinski definition) is 2. The predicted octanol–water partition coefficient (Wildman–Crippen LogP) is 1.95. The van der Waals surface area contributed by atoms with E-state index >= 15 is 0 Å². The minimum Gasteiger partial charge on any atom is -0.370 e. The summed E-state index contributed by atoms with van der Waals surface area (Å²) in [5.41, 5.74) is 7.73. The molecule has 0 aliphatic heterocycles. The van der Waals surface area contributed by atoms with Crippen molar-refractivity contribution >= 4 is 16.9 Å². The van der Waals surface area contributed by atoms with Gasteiger partial charge >= 0.3 is 0 Å². The van der Waals surface area contributed by atoms with E-state index in [-0.39, 0.29) is 5.82 Å². The summed E-state index contributed by atoms with van der Waals surface area (Å²) in [6, 6.07) is 4.83. The number of aromatic nitrogens is 1. The summed E-state index contributed by atoms with van der Waals surface area (Å²) >= 11 is 0. The van der Waals surface area contributed by atoms with E-state index < -0.39 is 0 Å². The van der Waals surface area contributed by atoms with E-state index in [2.05, 4.69) is 16.9 Å². The second-order valence-electron chi connectivity index (χ2n) is 4.61. The molecule has 0 radical (unpaired) electrons. The standard InChI is InChI=1S/C15H19FN4/c1-3-7-18-15(17)19-8-6-11-10-20(2)14-9-12(16)4-5-13(11)14/h3-5,9-10H,1,6-8H2,2H3,(H3,17,18,19). The molecule has 4 nitrogen and oxygen atoms in total. The first-order chi connectivity index (χ1) is 9.61. The highest BCUT2D eigenvalue weighted by Crippen LogP contribution is 2.22. The minimum absolute atomic E-state index is 0.221. The van der Waals surface area contributed by atoms with E-state index in [1.54, 1.807) is 12.1 Å². The topological polar surface area (TPSA) is 55.3 Å². The third kappa shape index (κ3) is 3.17. The number of nitrogens with one attached hydrogen (secondary N) is 1. The minimum atomic E-state index is -0.221. The number of nitrogens with zero attached hydrogens (tertiary/aromatic N) is 2.